The van der Waals surface area contributed by atoms with Crippen LogP contribution in [0.25, 0.3) is 0 Å². The van der Waals surface area contributed by atoms with E-state index in [1.807, 2.05) is 20.8 Å². The number of methoxy groups -OCH3 is 1. The van der Waals surface area contributed by atoms with E-state index in [1.165, 1.54) is 4.31 Å². The molecule has 0 atom stereocenters. The third-order valence-corrected chi connectivity index (χ3v) is 5.31. The van der Waals surface area contributed by atoms with Crippen LogP contribution in [-0.2, 0) is 21.3 Å². The summed E-state index contributed by atoms with van der Waals surface area (Å²) in [4.78, 5) is 0.286. The molecule has 0 aliphatic heterocycles. The summed E-state index contributed by atoms with van der Waals surface area (Å²) in [5.74, 6) is 0. The molecule has 20 heavy (non-hydrogen) atoms. The Morgan fingerprint density at radius 2 is 2.00 bits per heavy atom. The third-order valence-electron chi connectivity index (χ3n) is 3.24. The normalized spacial score (nSPS) is 12.3. The number of ether oxygens (including phenoxy) is 1. The van der Waals surface area contributed by atoms with Crippen LogP contribution in [0, 0.1) is 6.92 Å². The Hall–Kier alpha value is -0.950. The Labute approximate surface area is 121 Å². The summed E-state index contributed by atoms with van der Waals surface area (Å²) in [5.41, 5.74) is 7.50. The highest BCUT2D eigenvalue weighted by Gasteiger charge is 2.26. The highest BCUT2D eigenvalue weighted by molar-refractivity contribution is 7.89. The number of rotatable bonds is 7. The molecule has 0 aromatic heterocycles. The van der Waals surface area contributed by atoms with Crippen LogP contribution >= 0.6 is 0 Å². The first-order valence-electron chi connectivity index (χ1n) is 6.65. The van der Waals surface area contributed by atoms with Crippen molar-refractivity contribution >= 4 is 10.0 Å². The molecule has 0 amide bonds. The van der Waals surface area contributed by atoms with Gasteiger partial charge in [-0.2, -0.15) is 4.31 Å². The minimum absolute atomic E-state index is 0.127. The molecule has 6 heteroatoms. The second-order valence-corrected chi connectivity index (χ2v) is 6.89. The monoisotopic (exact) mass is 300 g/mol. The van der Waals surface area contributed by atoms with Gasteiger partial charge in [-0.25, -0.2) is 8.42 Å². The van der Waals surface area contributed by atoms with Crippen LogP contribution in [-0.4, -0.2) is 39.0 Å². The van der Waals surface area contributed by atoms with Crippen LogP contribution in [0.4, 0.5) is 0 Å². The highest BCUT2D eigenvalue weighted by atomic mass is 32.2. The molecule has 1 aromatic rings. The zero-order valence-electron chi connectivity index (χ0n) is 12.6. The van der Waals surface area contributed by atoms with E-state index in [2.05, 4.69) is 0 Å². The summed E-state index contributed by atoms with van der Waals surface area (Å²) < 4.78 is 31.8. The Morgan fingerprint density at radius 3 is 2.50 bits per heavy atom. The maximum Gasteiger partial charge on any atom is 0.243 e. The lowest BCUT2D eigenvalue weighted by molar-refractivity contribution is 0.171. The van der Waals surface area contributed by atoms with Crippen LogP contribution in [0.3, 0.4) is 0 Å². The zero-order chi connectivity index (χ0) is 15.3. The van der Waals surface area contributed by atoms with Crippen molar-refractivity contribution in [1.29, 1.82) is 0 Å². The molecule has 0 fully saturated rings. The molecule has 0 bridgehead atoms. The Kier molecular flexibility index (Phi) is 6.13. The van der Waals surface area contributed by atoms with E-state index in [-0.39, 0.29) is 10.9 Å². The summed E-state index contributed by atoms with van der Waals surface area (Å²) in [5, 5.41) is 0. The maximum atomic E-state index is 12.7. The van der Waals surface area contributed by atoms with Crippen molar-refractivity contribution in [3.05, 3.63) is 29.3 Å². The van der Waals surface area contributed by atoms with E-state index in [0.717, 1.165) is 11.1 Å². The minimum atomic E-state index is -3.52. The van der Waals surface area contributed by atoms with Gasteiger partial charge < -0.3 is 10.5 Å². The van der Waals surface area contributed by atoms with E-state index in [4.69, 9.17) is 10.5 Å². The lowest BCUT2D eigenvalue weighted by Crippen LogP contribution is -2.39. The molecule has 0 saturated heterocycles. The molecule has 0 spiro atoms. The summed E-state index contributed by atoms with van der Waals surface area (Å²) >= 11 is 0. The average Bonchev–Trinajstić information content (AvgIpc) is 2.38. The van der Waals surface area contributed by atoms with Gasteiger partial charge in [0.25, 0.3) is 0 Å². The number of benzene rings is 1. The van der Waals surface area contributed by atoms with Crippen LogP contribution in [0.2, 0.25) is 0 Å². The van der Waals surface area contributed by atoms with Gasteiger partial charge >= 0.3 is 0 Å². The van der Waals surface area contributed by atoms with Gasteiger partial charge in [0.2, 0.25) is 10.0 Å². The molecular formula is C14H24N2O3S. The Bertz CT molecular complexity index is 541. The summed E-state index contributed by atoms with van der Waals surface area (Å²) in [7, 11) is -1.97. The second-order valence-electron chi connectivity index (χ2n) is 4.99. The lowest BCUT2D eigenvalue weighted by Gasteiger charge is -2.26. The van der Waals surface area contributed by atoms with Crippen molar-refractivity contribution in [3.8, 4) is 0 Å². The molecule has 0 radical (unpaired) electrons. The number of hydrogen-bond donors (Lipinski definition) is 1. The summed E-state index contributed by atoms with van der Waals surface area (Å²) in [6.45, 7) is 6.66. The topological polar surface area (TPSA) is 72.6 Å². The number of nitrogens with two attached hydrogens (primary N) is 1. The first-order chi connectivity index (χ1) is 9.34. The maximum absolute atomic E-state index is 12.7. The Balaban J connectivity index is 3.19. The first-order valence-corrected chi connectivity index (χ1v) is 8.09. The van der Waals surface area contributed by atoms with Crippen molar-refractivity contribution in [3.63, 3.8) is 0 Å². The van der Waals surface area contributed by atoms with Crippen LogP contribution in [0.1, 0.15) is 25.0 Å². The third kappa shape index (κ3) is 3.79. The van der Waals surface area contributed by atoms with Gasteiger partial charge in [0.05, 0.1) is 11.5 Å². The van der Waals surface area contributed by atoms with Crippen molar-refractivity contribution in [2.45, 2.75) is 38.3 Å². The largest absolute Gasteiger partial charge is 0.383 e. The van der Waals surface area contributed by atoms with Gasteiger partial charge in [-0.1, -0.05) is 6.07 Å². The number of hydrogen-bond acceptors (Lipinski definition) is 4. The van der Waals surface area contributed by atoms with Crippen molar-refractivity contribution in [2.75, 3.05) is 20.3 Å². The van der Waals surface area contributed by atoms with Gasteiger partial charge in [0.15, 0.2) is 0 Å². The summed E-state index contributed by atoms with van der Waals surface area (Å²) in [6, 6.07) is 4.96. The molecule has 0 saturated carbocycles. The quantitative estimate of drug-likeness (QED) is 0.828. The van der Waals surface area contributed by atoms with Crippen LogP contribution in [0.15, 0.2) is 23.1 Å². The fraction of sp³-hybridized carbons (Fsp3) is 0.571. The van der Waals surface area contributed by atoms with E-state index in [1.54, 1.807) is 25.3 Å². The number of nitrogens with zero attached hydrogens (tertiary/aromatic N) is 1. The fourth-order valence-electron chi connectivity index (χ4n) is 2.00. The molecule has 0 heterocycles. The van der Waals surface area contributed by atoms with E-state index >= 15 is 0 Å². The minimum Gasteiger partial charge on any atom is -0.383 e. The van der Waals surface area contributed by atoms with Gasteiger partial charge in [0.1, 0.15) is 0 Å². The van der Waals surface area contributed by atoms with E-state index < -0.39 is 10.0 Å². The van der Waals surface area contributed by atoms with E-state index in [0.29, 0.717) is 19.7 Å². The molecule has 1 aromatic carbocycles. The molecule has 2 N–H and O–H groups in total. The number of sulfonamides is 1. The average molecular weight is 300 g/mol. The molecule has 0 aliphatic carbocycles. The van der Waals surface area contributed by atoms with Crippen molar-refractivity contribution < 1.29 is 13.2 Å². The number of aryl methyl sites for hydroxylation is 1. The predicted molar refractivity (Wildman–Crippen MR) is 80.0 cm³/mol. The van der Waals surface area contributed by atoms with Gasteiger partial charge in [0, 0.05) is 26.2 Å². The first kappa shape index (κ1) is 17.1. The molecule has 0 aliphatic rings. The lowest BCUT2D eigenvalue weighted by atomic mass is 10.1. The molecular weight excluding hydrogens is 276 g/mol. The van der Waals surface area contributed by atoms with Crippen molar-refractivity contribution in [2.24, 2.45) is 5.73 Å². The van der Waals surface area contributed by atoms with Crippen molar-refractivity contribution in [1.82, 2.24) is 4.31 Å². The Morgan fingerprint density at radius 1 is 1.35 bits per heavy atom. The van der Waals surface area contributed by atoms with E-state index in [9.17, 15) is 8.42 Å². The standard InChI is InChI=1S/C14H24N2O3S/c1-11(2)16(7-8-19-4)20(17,18)14-6-5-12(3)13(9-14)10-15/h5-6,9,11H,7-8,10,15H2,1-4H3. The smallest absolute Gasteiger partial charge is 0.243 e. The second kappa shape index (κ2) is 7.17. The van der Waals surface area contributed by atoms with Gasteiger partial charge in [-0.3, -0.25) is 0 Å². The summed E-state index contributed by atoms with van der Waals surface area (Å²) in [6.07, 6.45) is 0. The van der Waals surface area contributed by atoms with Crippen LogP contribution in [0.5, 0.6) is 0 Å². The van der Waals surface area contributed by atoms with Crippen LogP contribution < -0.4 is 5.73 Å². The van der Waals surface area contributed by atoms with Gasteiger partial charge in [-0.05, 0) is 44.0 Å². The highest BCUT2D eigenvalue weighted by Crippen LogP contribution is 2.21. The SMILES string of the molecule is COCCN(C(C)C)S(=O)(=O)c1ccc(C)c(CN)c1. The predicted octanol–water partition coefficient (Wildman–Crippen LogP) is 1.50. The van der Waals surface area contributed by atoms with Gasteiger partial charge in [-0.15, -0.1) is 0 Å². The molecule has 1 rings (SSSR count). The fourth-order valence-corrected chi connectivity index (χ4v) is 3.67. The zero-order valence-corrected chi connectivity index (χ0v) is 13.4. The molecule has 114 valence electrons. The molecule has 5 nitrogen and oxygen atoms in total. The molecule has 0 unspecified atom stereocenters.